The first-order chi connectivity index (χ1) is 8.07. The van der Waals surface area contributed by atoms with E-state index in [1.54, 1.807) is 0 Å². The van der Waals surface area contributed by atoms with Crippen LogP contribution in [0.25, 0.3) is 0 Å². The molecular formula is C16H23N. The van der Waals surface area contributed by atoms with Gasteiger partial charge in [-0.2, -0.15) is 0 Å². The van der Waals surface area contributed by atoms with Crippen LogP contribution in [0.2, 0.25) is 0 Å². The van der Waals surface area contributed by atoms with Gasteiger partial charge in [0.25, 0.3) is 0 Å². The zero-order valence-electron chi connectivity index (χ0n) is 11.5. The van der Waals surface area contributed by atoms with E-state index in [0.29, 0.717) is 0 Å². The largest absolute Gasteiger partial charge is 0.257 e. The molecule has 1 aliphatic heterocycles. The fourth-order valence-corrected chi connectivity index (χ4v) is 2.68. The van der Waals surface area contributed by atoms with Crippen molar-refractivity contribution in [2.45, 2.75) is 58.8 Å². The van der Waals surface area contributed by atoms with Crippen molar-refractivity contribution in [1.29, 1.82) is 0 Å². The molecule has 0 amide bonds. The van der Waals surface area contributed by atoms with Gasteiger partial charge in [-0.3, -0.25) is 4.99 Å². The molecule has 0 saturated heterocycles. The van der Waals surface area contributed by atoms with Crippen LogP contribution in [0, 0.1) is 0 Å². The highest BCUT2D eigenvalue weighted by atomic mass is 14.8. The van der Waals surface area contributed by atoms with Gasteiger partial charge in [0.15, 0.2) is 0 Å². The van der Waals surface area contributed by atoms with Gasteiger partial charge in [-0.25, -0.2) is 0 Å². The first-order valence-electron chi connectivity index (χ1n) is 6.75. The summed E-state index contributed by atoms with van der Waals surface area (Å²) in [6.07, 6.45) is 5.10. The van der Waals surface area contributed by atoms with Crippen molar-refractivity contribution in [2.75, 3.05) is 0 Å². The predicted molar refractivity (Wildman–Crippen MR) is 75.5 cm³/mol. The molecule has 17 heavy (non-hydrogen) atoms. The average Bonchev–Trinajstić information content (AvgIpc) is 2.51. The van der Waals surface area contributed by atoms with Crippen LogP contribution in [0.5, 0.6) is 0 Å². The second kappa shape index (κ2) is 4.64. The minimum Gasteiger partial charge on any atom is -0.257 e. The van der Waals surface area contributed by atoms with Gasteiger partial charge in [-0.15, -0.1) is 0 Å². The Morgan fingerprint density at radius 2 is 1.94 bits per heavy atom. The Labute approximate surface area is 105 Å². The first kappa shape index (κ1) is 12.3. The lowest BCUT2D eigenvalue weighted by Crippen LogP contribution is -2.24. The fraction of sp³-hybridized carbons (Fsp3) is 0.562. The third-order valence-electron chi connectivity index (χ3n) is 4.00. The Balaban J connectivity index is 2.31. The molecule has 0 fully saturated rings. The lowest BCUT2D eigenvalue weighted by atomic mass is 9.79. The highest BCUT2D eigenvalue weighted by Crippen LogP contribution is 2.42. The Morgan fingerprint density at radius 3 is 2.65 bits per heavy atom. The van der Waals surface area contributed by atoms with Crippen LogP contribution in [0.1, 0.15) is 58.1 Å². The summed E-state index contributed by atoms with van der Waals surface area (Å²) in [4.78, 5) is 4.71. The lowest BCUT2D eigenvalue weighted by Gasteiger charge is -2.23. The molecule has 0 spiro atoms. The van der Waals surface area contributed by atoms with Gasteiger partial charge in [-0.1, -0.05) is 45.7 Å². The number of benzene rings is 1. The van der Waals surface area contributed by atoms with Crippen LogP contribution in [-0.2, 0) is 11.8 Å². The number of rotatable bonds is 4. The third-order valence-corrected chi connectivity index (χ3v) is 4.00. The molecule has 1 heteroatoms. The van der Waals surface area contributed by atoms with E-state index in [2.05, 4.69) is 45.9 Å². The summed E-state index contributed by atoms with van der Waals surface area (Å²) < 4.78 is 0. The van der Waals surface area contributed by atoms with Gasteiger partial charge >= 0.3 is 0 Å². The summed E-state index contributed by atoms with van der Waals surface area (Å²) in [5, 5.41) is 0. The van der Waals surface area contributed by atoms with Crippen molar-refractivity contribution in [1.82, 2.24) is 0 Å². The molecule has 0 radical (unpaired) electrons. The Kier molecular flexibility index (Phi) is 3.37. The molecule has 0 unspecified atom stereocenters. The molecule has 0 atom stereocenters. The average molecular weight is 229 g/mol. The normalized spacial score (nSPS) is 16.8. The van der Waals surface area contributed by atoms with Crippen molar-refractivity contribution in [3.63, 3.8) is 0 Å². The summed E-state index contributed by atoms with van der Waals surface area (Å²) in [5.74, 6) is 0. The maximum Gasteiger partial charge on any atom is 0.0673 e. The van der Waals surface area contributed by atoms with E-state index >= 15 is 0 Å². The fourth-order valence-electron chi connectivity index (χ4n) is 2.68. The van der Waals surface area contributed by atoms with Crippen LogP contribution in [0.3, 0.4) is 0 Å². The Hall–Kier alpha value is -1.11. The minimum absolute atomic E-state index is 0.123. The number of nitrogens with zero attached hydrogens (tertiary/aromatic N) is 1. The van der Waals surface area contributed by atoms with E-state index in [0.717, 1.165) is 0 Å². The molecule has 0 saturated carbocycles. The van der Waals surface area contributed by atoms with E-state index in [9.17, 15) is 0 Å². The van der Waals surface area contributed by atoms with E-state index in [1.165, 1.54) is 48.2 Å². The molecule has 0 aromatic heterocycles. The molecule has 92 valence electrons. The highest BCUT2D eigenvalue weighted by Gasteiger charge is 2.33. The summed E-state index contributed by atoms with van der Waals surface area (Å²) in [6.45, 7) is 8.99. The molecule has 1 heterocycles. The SMILES string of the molecule is CCCCCc1cccc2c1C(C)(C)C(C)=N2. The predicted octanol–water partition coefficient (Wildman–Crippen LogP) is 4.80. The number of aryl methyl sites for hydroxylation is 1. The van der Waals surface area contributed by atoms with E-state index in [-0.39, 0.29) is 5.41 Å². The van der Waals surface area contributed by atoms with Crippen LogP contribution in [0.15, 0.2) is 23.2 Å². The number of fused-ring (bicyclic) bond motifs is 1. The van der Waals surface area contributed by atoms with Gasteiger partial charge in [0, 0.05) is 11.1 Å². The summed E-state index contributed by atoms with van der Waals surface area (Å²) in [6, 6.07) is 6.58. The molecule has 1 aromatic carbocycles. The van der Waals surface area contributed by atoms with Crippen LogP contribution in [0.4, 0.5) is 5.69 Å². The van der Waals surface area contributed by atoms with Crippen molar-refractivity contribution >= 4 is 11.4 Å². The third kappa shape index (κ3) is 2.15. The van der Waals surface area contributed by atoms with Crippen molar-refractivity contribution < 1.29 is 0 Å². The summed E-state index contributed by atoms with van der Waals surface area (Å²) >= 11 is 0. The van der Waals surface area contributed by atoms with E-state index < -0.39 is 0 Å². The van der Waals surface area contributed by atoms with Crippen LogP contribution >= 0.6 is 0 Å². The Bertz CT molecular complexity index is 441. The minimum atomic E-state index is 0.123. The topological polar surface area (TPSA) is 12.4 Å². The van der Waals surface area contributed by atoms with Crippen LogP contribution in [-0.4, -0.2) is 5.71 Å². The number of hydrogen-bond donors (Lipinski definition) is 0. The zero-order chi connectivity index (χ0) is 12.5. The van der Waals surface area contributed by atoms with Crippen molar-refractivity contribution in [3.05, 3.63) is 29.3 Å². The monoisotopic (exact) mass is 229 g/mol. The second-order valence-electron chi connectivity index (χ2n) is 5.59. The molecule has 1 aromatic rings. The highest BCUT2D eigenvalue weighted by molar-refractivity contribution is 6.00. The summed E-state index contributed by atoms with van der Waals surface area (Å²) in [5.41, 5.74) is 5.53. The van der Waals surface area contributed by atoms with Gasteiger partial charge in [0.2, 0.25) is 0 Å². The van der Waals surface area contributed by atoms with Crippen molar-refractivity contribution in [2.24, 2.45) is 4.99 Å². The molecular weight excluding hydrogens is 206 g/mol. The standard InChI is InChI=1S/C16H23N/c1-5-6-7-9-13-10-8-11-14-15(13)16(3,4)12(2)17-14/h8,10-11H,5-7,9H2,1-4H3. The van der Waals surface area contributed by atoms with Gasteiger partial charge in [0.1, 0.15) is 0 Å². The smallest absolute Gasteiger partial charge is 0.0673 e. The molecule has 1 nitrogen and oxygen atoms in total. The maximum absolute atomic E-state index is 4.71. The number of unbranched alkanes of at least 4 members (excludes halogenated alkanes) is 2. The van der Waals surface area contributed by atoms with Gasteiger partial charge in [0.05, 0.1) is 5.69 Å². The maximum atomic E-state index is 4.71. The Morgan fingerprint density at radius 1 is 1.18 bits per heavy atom. The van der Waals surface area contributed by atoms with Gasteiger partial charge < -0.3 is 0 Å². The van der Waals surface area contributed by atoms with Crippen LogP contribution < -0.4 is 0 Å². The lowest BCUT2D eigenvalue weighted by molar-refractivity contribution is 0.685. The number of aliphatic imine (C=N–C) groups is 1. The van der Waals surface area contributed by atoms with Crippen molar-refractivity contribution in [3.8, 4) is 0 Å². The van der Waals surface area contributed by atoms with Gasteiger partial charge in [-0.05, 0) is 37.0 Å². The van der Waals surface area contributed by atoms with E-state index in [4.69, 9.17) is 4.99 Å². The second-order valence-corrected chi connectivity index (χ2v) is 5.59. The first-order valence-corrected chi connectivity index (χ1v) is 6.75. The zero-order valence-corrected chi connectivity index (χ0v) is 11.5. The van der Waals surface area contributed by atoms with E-state index in [1.807, 2.05) is 0 Å². The molecule has 2 rings (SSSR count). The molecule has 0 bridgehead atoms. The quantitative estimate of drug-likeness (QED) is 0.657. The number of hydrogen-bond acceptors (Lipinski definition) is 1. The summed E-state index contributed by atoms with van der Waals surface area (Å²) in [7, 11) is 0. The molecule has 1 aliphatic rings. The molecule has 0 aliphatic carbocycles. The molecule has 0 N–H and O–H groups in total.